The van der Waals surface area contributed by atoms with Crippen molar-refractivity contribution in [3.8, 4) is 17.2 Å². The van der Waals surface area contributed by atoms with Crippen molar-refractivity contribution in [3.63, 3.8) is 0 Å². The van der Waals surface area contributed by atoms with Crippen LogP contribution in [0.2, 0.25) is 0 Å². The lowest BCUT2D eigenvalue weighted by molar-refractivity contribution is -0.157. The lowest BCUT2D eigenvalue weighted by atomic mass is 10.1. The average Bonchev–Trinajstić information content (AvgIpc) is 3.51. The van der Waals surface area contributed by atoms with Gasteiger partial charge in [0.25, 0.3) is 5.91 Å². The number of rotatable bonds is 13. The van der Waals surface area contributed by atoms with Gasteiger partial charge in [0.15, 0.2) is 11.6 Å². The van der Waals surface area contributed by atoms with Gasteiger partial charge in [-0.25, -0.2) is 19.4 Å². The third-order valence-corrected chi connectivity index (χ3v) is 6.81. The molecule has 1 atom stereocenters. The molecule has 2 amide bonds. The molecule has 1 saturated heterocycles. The molecule has 0 radical (unpaired) electrons. The Morgan fingerprint density at radius 1 is 1.05 bits per heavy atom. The highest BCUT2D eigenvalue weighted by molar-refractivity contribution is 5.97. The lowest BCUT2D eigenvalue weighted by Crippen LogP contribution is -2.55. The first-order valence-electron chi connectivity index (χ1n) is 14.5. The molecule has 1 aliphatic rings. The van der Waals surface area contributed by atoms with Crippen LogP contribution in [0.1, 0.15) is 55.7 Å². The first-order valence-corrected chi connectivity index (χ1v) is 14.5. The second-order valence-electron chi connectivity index (χ2n) is 10.0. The second kappa shape index (κ2) is 15.5. The molecule has 0 spiro atoms. The fourth-order valence-electron chi connectivity index (χ4n) is 4.49. The van der Waals surface area contributed by atoms with Crippen molar-refractivity contribution in [2.45, 2.75) is 52.0 Å². The number of ether oxygens (including phenoxy) is 1. The lowest BCUT2D eigenvalue weighted by Gasteiger charge is -2.35. The molecule has 0 bridgehead atoms. The third kappa shape index (κ3) is 8.80. The van der Waals surface area contributed by atoms with Gasteiger partial charge < -0.3 is 24.9 Å². The van der Waals surface area contributed by atoms with Crippen molar-refractivity contribution in [1.82, 2.24) is 40.2 Å². The van der Waals surface area contributed by atoms with Crippen molar-refractivity contribution in [3.05, 3.63) is 54.0 Å². The van der Waals surface area contributed by atoms with Crippen molar-refractivity contribution in [1.29, 1.82) is 0 Å². The minimum absolute atomic E-state index is 0.0276. The molecule has 0 saturated carbocycles. The van der Waals surface area contributed by atoms with E-state index in [1.54, 1.807) is 25.3 Å². The van der Waals surface area contributed by atoms with Gasteiger partial charge in [0.2, 0.25) is 5.91 Å². The van der Waals surface area contributed by atoms with E-state index in [1.165, 1.54) is 20.7 Å². The number of carboxylic acids is 1. The minimum Gasteiger partial charge on any atom is -0.481 e. The van der Waals surface area contributed by atoms with E-state index < -0.39 is 30.0 Å². The summed E-state index contributed by atoms with van der Waals surface area (Å²) < 4.78 is 6.25. The molecule has 1 fully saturated rings. The van der Waals surface area contributed by atoms with Gasteiger partial charge in [-0.2, -0.15) is 0 Å². The molecule has 15 heteroatoms. The van der Waals surface area contributed by atoms with Crippen molar-refractivity contribution in [2.75, 3.05) is 32.8 Å². The maximum absolute atomic E-state index is 13.6. The number of nitrogens with zero attached hydrogens (tertiary/aromatic N) is 7. The largest absolute Gasteiger partial charge is 0.527 e. The molecule has 3 aromatic rings. The summed E-state index contributed by atoms with van der Waals surface area (Å²) in [6.45, 7) is 4.74. The molecular weight excluding hydrogens is 572 g/mol. The Hall–Kier alpha value is -4.92. The molecule has 2 aromatic heterocycles. The van der Waals surface area contributed by atoms with Gasteiger partial charge in [-0.1, -0.05) is 48.9 Å². The average molecular weight is 609 g/mol. The summed E-state index contributed by atoms with van der Waals surface area (Å²) in [5.41, 5.74) is 1.42. The number of carboxylic acid groups (broad SMARTS) is 1. The predicted octanol–water partition coefficient (Wildman–Crippen LogP) is 2.26. The van der Waals surface area contributed by atoms with Gasteiger partial charge in [0.05, 0.1) is 31.6 Å². The smallest absolute Gasteiger partial charge is 0.481 e. The summed E-state index contributed by atoms with van der Waals surface area (Å²) in [6.07, 6.45) is 3.14. The van der Waals surface area contributed by atoms with Crippen molar-refractivity contribution in [2.24, 2.45) is 0 Å². The van der Waals surface area contributed by atoms with Crippen LogP contribution >= 0.6 is 0 Å². The van der Waals surface area contributed by atoms with E-state index in [0.29, 0.717) is 11.4 Å². The van der Waals surface area contributed by atoms with Gasteiger partial charge in [-0.3, -0.25) is 14.4 Å². The SMILES string of the molecule is CCCCc1cn(-c2cc(C(=O)N[C@@H](CCC(=O)O)C(=O)N3CCN(OC(=O)OCC)CC3)nc(-c3ccccc3)n2)nn1. The molecule has 1 aliphatic heterocycles. The Kier molecular flexibility index (Phi) is 11.3. The Morgan fingerprint density at radius 3 is 2.48 bits per heavy atom. The number of aliphatic carboxylic acids is 1. The summed E-state index contributed by atoms with van der Waals surface area (Å²) in [5.74, 6) is -1.66. The molecule has 234 valence electrons. The zero-order valence-corrected chi connectivity index (χ0v) is 24.7. The molecule has 4 rings (SSSR count). The van der Waals surface area contributed by atoms with E-state index in [9.17, 15) is 24.3 Å². The third-order valence-electron chi connectivity index (χ3n) is 6.81. The summed E-state index contributed by atoms with van der Waals surface area (Å²) in [4.78, 5) is 65.7. The van der Waals surface area contributed by atoms with Crippen LogP contribution in [-0.4, -0.2) is 103 Å². The normalized spacial score (nSPS) is 14.1. The van der Waals surface area contributed by atoms with Crippen LogP contribution in [0.3, 0.4) is 0 Å². The van der Waals surface area contributed by atoms with Crippen molar-refractivity contribution < 1.29 is 33.9 Å². The van der Waals surface area contributed by atoms with Crippen LogP contribution in [-0.2, 0) is 25.6 Å². The highest BCUT2D eigenvalue weighted by Crippen LogP contribution is 2.18. The van der Waals surface area contributed by atoms with E-state index in [0.717, 1.165) is 25.0 Å². The zero-order chi connectivity index (χ0) is 31.5. The molecular formula is C29H36N8O7. The number of hydrogen-bond donors (Lipinski definition) is 2. The number of benzene rings is 1. The monoisotopic (exact) mass is 608 g/mol. The predicted molar refractivity (Wildman–Crippen MR) is 155 cm³/mol. The Bertz CT molecular complexity index is 1440. The fraction of sp³-hybridized carbons (Fsp3) is 0.448. The summed E-state index contributed by atoms with van der Waals surface area (Å²) in [5, 5.41) is 21.8. The van der Waals surface area contributed by atoms with Crippen LogP contribution in [0.15, 0.2) is 42.6 Å². The fourth-order valence-corrected chi connectivity index (χ4v) is 4.49. The first-order chi connectivity index (χ1) is 21.3. The highest BCUT2D eigenvalue weighted by atomic mass is 16.8. The molecule has 44 heavy (non-hydrogen) atoms. The van der Waals surface area contributed by atoms with E-state index in [-0.39, 0.29) is 57.1 Å². The quantitative estimate of drug-likeness (QED) is 0.271. The van der Waals surface area contributed by atoms with E-state index in [4.69, 9.17) is 9.57 Å². The highest BCUT2D eigenvalue weighted by Gasteiger charge is 2.31. The summed E-state index contributed by atoms with van der Waals surface area (Å²) in [7, 11) is 0. The second-order valence-corrected chi connectivity index (χ2v) is 10.0. The standard InChI is InChI=1S/C29H36N8O7/c1-3-5-11-21-19-37(34-33-21)24-18-23(30-26(32-24)20-9-7-6-8-10-20)27(40)31-22(12-13-25(38)39)28(41)35-14-16-36(17-15-35)44-29(42)43-4-2/h6-10,18-19,22H,3-5,11-17H2,1-2H3,(H,31,40)(H,38,39)/t22-/m0/s1. The van der Waals surface area contributed by atoms with Gasteiger partial charge in [0, 0.05) is 31.1 Å². The van der Waals surface area contributed by atoms with Crippen LogP contribution < -0.4 is 5.32 Å². The topological polar surface area (TPSA) is 182 Å². The van der Waals surface area contributed by atoms with Crippen LogP contribution in [0.5, 0.6) is 0 Å². The van der Waals surface area contributed by atoms with Crippen molar-refractivity contribution >= 4 is 23.9 Å². The molecule has 0 aliphatic carbocycles. The number of carbonyl (C=O) groups is 4. The summed E-state index contributed by atoms with van der Waals surface area (Å²) in [6, 6.07) is 9.41. The van der Waals surface area contributed by atoms with E-state index >= 15 is 0 Å². The number of unbranched alkanes of at least 4 members (excludes halogenated alkanes) is 1. The summed E-state index contributed by atoms with van der Waals surface area (Å²) >= 11 is 0. The molecule has 1 aromatic carbocycles. The number of carbonyl (C=O) groups excluding carboxylic acids is 3. The van der Waals surface area contributed by atoms with Gasteiger partial charge >= 0.3 is 12.1 Å². The number of aryl methyl sites for hydroxylation is 1. The number of amides is 2. The van der Waals surface area contributed by atoms with Crippen LogP contribution in [0.4, 0.5) is 4.79 Å². The van der Waals surface area contributed by atoms with Crippen LogP contribution in [0, 0.1) is 0 Å². The van der Waals surface area contributed by atoms with Gasteiger partial charge in [-0.05, 0) is 26.2 Å². The number of piperazine rings is 1. The Morgan fingerprint density at radius 2 is 1.80 bits per heavy atom. The number of hydroxylamine groups is 2. The molecule has 15 nitrogen and oxygen atoms in total. The van der Waals surface area contributed by atoms with Gasteiger partial charge in [0.1, 0.15) is 11.7 Å². The first kappa shape index (κ1) is 32.0. The van der Waals surface area contributed by atoms with E-state index in [1.807, 2.05) is 18.2 Å². The minimum atomic E-state index is -1.14. The maximum atomic E-state index is 13.6. The molecule has 2 N–H and O–H groups in total. The number of nitrogens with one attached hydrogen (secondary N) is 1. The molecule has 3 heterocycles. The number of aromatic nitrogens is 5. The Labute approximate surface area is 254 Å². The van der Waals surface area contributed by atoms with E-state index in [2.05, 4.69) is 32.5 Å². The Balaban J connectivity index is 1.55. The maximum Gasteiger partial charge on any atom is 0.527 e. The number of hydrogen-bond acceptors (Lipinski definition) is 11. The zero-order valence-electron chi connectivity index (χ0n) is 24.7. The van der Waals surface area contributed by atoms with Crippen LogP contribution in [0.25, 0.3) is 17.2 Å². The van der Waals surface area contributed by atoms with Gasteiger partial charge in [-0.15, -0.1) is 10.2 Å². The molecule has 0 unspecified atom stereocenters.